The number of hydrogen-bond donors (Lipinski definition) is 1. The van der Waals surface area contributed by atoms with Gasteiger partial charge in [-0.25, -0.2) is 0 Å². The van der Waals surface area contributed by atoms with Crippen LogP contribution in [0.1, 0.15) is 32.1 Å². The van der Waals surface area contributed by atoms with Crippen LogP contribution in [-0.2, 0) is 0 Å². The molecular weight excluding hydrogens is 217 g/mol. The van der Waals surface area contributed by atoms with E-state index in [0.717, 1.165) is 25.8 Å². The molecule has 0 aromatic rings. The molecule has 1 aliphatic carbocycles. The van der Waals surface area contributed by atoms with E-state index in [2.05, 4.69) is 4.90 Å². The first-order valence-electron chi connectivity index (χ1n) is 5.97. The van der Waals surface area contributed by atoms with Gasteiger partial charge in [-0.2, -0.15) is 13.2 Å². The van der Waals surface area contributed by atoms with Gasteiger partial charge >= 0.3 is 6.18 Å². The van der Waals surface area contributed by atoms with Crippen LogP contribution in [0.2, 0.25) is 0 Å². The van der Waals surface area contributed by atoms with Crippen LogP contribution in [0.15, 0.2) is 0 Å². The predicted octanol–water partition coefficient (Wildman–Crippen LogP) is 2.14. The summed E-state index contributed by atoms with van der Waals surface area (Å²) >= 11 is 0. The summed E-state index contributed by atoms with van der Waals surface area (Å²) in [5.41, 5.74) is 5.98. The first kappa shape index (κ1) is 12.2. The van der Waals surface area contributed by atoms with E-state index in [-0.39, 0.29) is 18.4 Å². The zero-order valence-corrected chi connectivity index (χ0v) is 9.39. The third kappa shape index (κ3) is 2.69. The van der Waals surface area contributed by atoms with Crippen molar-refractivity contribution in [1.29, 1.82) is 0 Å². The first-order chi connectivity index (χ1) is 7.39. The molecule has 2 nitrogen and oxygen atoms in total. The Bertz CT molecular complexity index is 240. The zero-order valence-electron chi connectivity index (χ0n) is 9.39. The number of alkyl halides is 3. The topological polar surface area (TPSA) is 29.3 Å². The lowest BCUT2D eigenvalue weighted by atomic mass is 9.77. The zero-order chi connectivity index (χ0) is 11.8. The van der Waals surface area contributed by atoms with Gasteiger partial charge in [0, 0.05) is 12.1 Å². The predicted molar refractivity (Wildman–Crippen MR) is 56.0 cm³/mol. The minimum Gasteiger partial charge on any atom is -0.324 e. The van der Waals surface area contributed by atoms with E-state index in [4.69, 9.17) is 5.73 Å². The van der Waals surface area contributed by atoms with E-state index in [1.165, 1.54) is 0 Å². The molecule has 1 saturated heterocycles. The third-order valence-electron chi connectivity index (χ3n) is 3.94. The maximum Gasteiger partial charge on any atom is 0.391 e. The van der Waals surface area contributed by atoms with E-state index in [1.807, 2.05) is 0 Å². The van der Waals surface area contributed by atoms with Crippen LogP contribution in [-0.4, -0.2) is 36.2 Å². The standard InChI is InChI=1S/C11H19F3N2/c12-11(13,14)9-2-6-16(7-3-9)8-10(15)4-1-5-10/h9H,1-8,15H2. The fourth-order valence-corrected chi connectivity index (χ4v) is 2.65. The summed E-state index contributed by atoms with van der Waals surface area (Å²) in [5.74, 6) is -1.10. The maximum absolute atomic E-state index is 12.4. The molecule has 16 heavy (non-hydrogen) atoms. The lowest BCUT2D eigenvalue weighted by Crippen LogP contribution is -2.56. The van der Waals surface area contributed by atoms with Crippen molar-refractivity contribution in [2.45, 2.75) is 43.8 Å². The van der Waals surface area contributed by atoms with E-state index in [1.54, 1.807) is 0 Å². The van der Waals surface area contributed by atoms with Crippen molar-refractivity contribution in [2.24, 2.45) is 11.7 Å². The van der Waals surface area contributed by atoms with Crippen LogP contribution in [0, 0.1) is 5.92 Å². The highest BCUT2D eigenvalue weighted by molar-refractivity contribution is 4.96. The van der Waals surface area contributed by atoms with Crippen molar-refractivity contribution in [2.75, 3.05) is 19.6 Å². The summed E-state index contributed by atoms with van der Waals surface area (Å²) in [6, 6.07) is 0. The molecule has 0 atom stereocenters. The molecule has 1 aliphatic heterocycles. The van der Waals surface area contributed by atoms with Crippen LogP contribution < -0.4 is 5.73 Å². The Kier molecular flexibility index (Phi) is 3.18. The largest absolute Gasteiger partial charge is 0.391 e. The molecule has 0 radical (unpaired) electrons. The van der Waals surface area contributed by atoms with Crippen LogP contribution in [0.3, 0.4) is 0 Å². The summed E-state index contributed by atoms with van der Waals surface area (Å²) in [6.45, 7) is 1.86. The summed E-state index contributed by atoms with van der Waals surface area (Å²) in [6.07, 6.45) is -0.337. The Labute approximate surface area is 94.0 Å². The SMILES string of the molecule is NC1(CN2CCC(C(F)(F)F)CC2)CCC1. The molecule has 2 N–H and O–H groups in total. The van der Waals surface area contributed by atoms with E-state index in [9.17, 15) is 13.2 Å². The first-order valence-corrected chi connectivity index (χ1v) is 5.97. The van der Waals surface area contributed by atoms with Gasteiger partial charge in [0.2, 0.25) is 0 Å². The number of halogens is 3. The molecule has 0 aromatic heterocycles. The third-order valence-corrected chi connectivity index (χ3v) is 3.94. The van der Waals surface area contributed by atoms with E-state index >= 15 is 0 Å². The van der Waals surface area contributed by atoms with E-state index < -0.39 is 12.1 Å². The lowest BCUT2D eigenvalue weighted by Gasteiger charge is -2.44. The van der Waals surface area contributed by atoms with E-state index in [0.29, 0.717) is 13.1 Å². The van der Waals surface area contributed by atoms with Crippen LogP contribution in [0.25, 0.3) is 0 Å². The van der Waals surface area contributed by atoms with Crippen molar-refractivity contribution >= 4 is 0 Å². The second-order valence-corrected chi connectivity index (χ2v) is 5.31. The highest BCUT2D eigenvalue weighted by atomic mass is 19.4. The van der Waals surface area contributed by atoms with Crippen molar-refractivity contribution in [1.82, 2.24) is 4.90 Å². The average molecular weight is 236 g/mol. The van der Waals surface area contributed by atoms with Crippen molar-refractivity contribution in [3.63, 3.8) is 0 Å². The van der Waals surface area contributed by atoms with Gasteiger partial charge in [0.15, 0.2) is 0 Å². The molecule has 94 valence electrons. The van der Waals surface area contributed by atoms with Crippen molar-refractivity contribution < 1.29 is 13.2 Å². The molecule has 2 rings (SSSR count). The fourth-order valence-electron chi connectivity index (χ4n) is 2.65. The summed E-state index contributed by atoms with van der Waals surface area (Å²) in [5, 5.41) is 0. The van der Waals surface area contributed by atoms with Gasteiger partial charge in [0.25, 0.3) is 0 Å². The lowest BCUT2D eigenvalue weighted by molar-refractivity contribution is -0.185. The number of nitrogens with zero attached hydrogens (tertiary/aromatic N) is 1. The average Bonchev–Trinajstić information content (AvgIpc) is 2.15. The molecule has 0 unspecified atom stereocenters. The molecule has 1 saturated carbocycles. The second-order valence-electron chi connectivity index (χ2n) is 5.31. The molecule has 0 amide bonds. The number of nitrogens with two attached hydrogens (primary N) is 1. The quantitative estimate of drug-likeness (QED) is 0.796. The number of hydrogen-bond acceptors (Lipinski definition) is 2. The van der Waals surface area contributed by atoms with Gasteiger partial charge in [-0.1, -0.05) is 0 Å². The molecule has 2 fully saturated rings. The Morgan fingerprint density at radius 3 is 2.12 bits per heavy atom. The highest BCUT2D eigenvalue weighted by Crippen LogP contribution is 2.36. The maximum atomic E-state index is 12.4. The molecule has 5 heteroatoms. The Balaban J connectivity index is 1.77. The number of likely N-dealkylation sites (tertiary alicyclic amines) is 1. The van der Waals surface area contributed by atoms with Crippen LogP contribution >= 0.6 is 0 Å². The minimum atomic E-state index is -4.01. The van der Waals surface area contributed by atoms with Crippen molar-refractivity contribution in [3.8, 4) is 0 Å². The number of rotatable bonds is 2. The Morgan fingerprint density at radius 1 is 1.19 bits per heavy atom. The molecule has 0 spiro atoms. The molecule has 1 heterocycles. The van der Waals surface area contributed by atoms with Crippen LogP contribution in [0.4, 0.5) is 13.2 Å². The highest BCUT2D eigenvalue weighted by Gasteiger charge is 2.42. The summed E-state index contributed by atoms with van der Waals surface area (Å²) in [7, 11) is 0. The van der Waals surface area contributed by atoms with Crippen molar-refractivity contribution in [3.05, 3.63) is 0 Å². The Morgan fingerprint density at radius 2 is 1.75 bits per heavy atom. The summed E-state index contributed by atoms with van der Waals surface area (Å²) < 4.78 is 37.3. The number of piperidine rings is 1. The van der Waals surface area contributed by atoms with Gasteiger partial charge < -0.3 is 10.6 Å². The minimum absolute atomic E-state index is 0.106. The van der Waals surface area contributed by atoms with Gasteiger partial charge in [-0.05, 0) is 45.2 Å². The van der Waals surface area contributed by atoms with Gasteiger partial charge in [0.1, 0.15) is 0 Å². The van der Waals surface area contributed by atoms with Gasteiger partial charge in [-0.3, -0.25) is 0 Å². The fraction of sp³-hybridized carbons (Fsp3) is 1.00. The molecule has 0 bridgehead atoms. The van der Waals surface area contributed by atoms with Gasteiger partial charge in [0.05, 0.1) is 5.92 Å². The van der Waals surface area contributed by atoms with Crippen LogP contribution in [0.5, 0.6) is 0 Å². The molecule has 2 aliphatic rings. The normalized spacial score (nSPS) is 27.8. The monoisotopic (exact) mass is 236 g/mol. The van der Waals surface area contributed by atoms with Gasteiger partial charge in [-0.15, -0.1) is 0 Å². The molecule has 0 aromatic carbocycles. The smallest absolute Gasteiger partial charge is 0.324 e. The summed E-state index contributed by atoms with van der Waals surface area (Å²) in [4.78, 5) is 2.10. The molecular formula is C11H19F3N2. The Hall–Kier alpha value is -0.290. The second kappa shape index (κ2) is 4.18.